The lowest BCUT2D eigenvalue weighted by Gasteiger charge is -2.27. The molecule has 0 spiro atoms. The van der Waals surface area contributed by atoms with Gasteiger partial charge in [-0.2, -0.15) is 8.42 Å². The lowest BCUT2D eigenvalue weighted by Crippen LogP contribution is -2.54. The molecule has 0 bridgehead atoms. The molecule has 0 aliphatic carbocycles. The molecule has 0 radical (unpaired) electrons. The van der Waals surface area contributed by atoms with E-state index in [0.29, 0.717) is 17.0 Å². The number of nitrogens with zero attached hydrogens (tertiary/aromatic N) is 1. The number of nitrogens with one attached hydrogen (secondary N) is 1. The van der Waals surface area contributed by atoms with Gasteiger partial charge in [-0.05, 0) is 62.7 Å². The summed E-state index contributed by atoms with van der Waals surface area (Å²) < 4.78 is 36.5. The van der Waals surface area contributed by atoms with E-state index in [1.165, 1.54) is 43.5 Å². The summed E-state index contributed by atoms with van der Waals surface area (Å²) in [6.45, 7) is 5.44. The highest BCUT2D eigenvalue weighted by Crippen LogP contribution is 2.32. The number of imide groups is 2. The topological polar surface area (TPSA) is 119 Å². The average molecular weight is 521 g/mol. The highest BCUT2D eigenvalue weighted by Gasteiger charge is 2.37. The maximum atomic E-state index is 13.4. The molecule has 190 valence electrons. The smallest absolute Gasteiger partial charge is 0.339 e. The van der Waals surface area contributed by atoms with E-state index in [9.17, 15) is 22.8 Å². The van der Waals surface area contributed by atoms with Crippen LogP contribution in [0.25, 0.3) is 6.08 Å². The lowest BCUT2D eigenvalue weighted by atomic mass is 10.0. The predicted octanol–water partition coefficient (Wildman–Crippen LogP) is 4.05. The number of ether oxygens (including phenoxy) is 1. The normalized spacial score (nSPS) is 15.1. The van der Waals surface area contributed by atoms with Crippen molar-refractivity contribution in [2.45, 2.75) is 25.7 Å². The standard InChI is InChI=1S/C27H24N2O7S/c1-16-5-10-21(11-6-16)37(33,34)36-24-15-20(35-4)9-8-19(24)14-22-25(30)28-27(32)29(26(22)31)23-12-7-17(2)13-18(23)3/h5-15H,1-4H3,(H,28,30,32)/b22-14+. The summed E-state index contributed by atoms with van der Waals surface area (Å²) in [5.74, 6) is -1.64. The molecule has 1 aliphatic rings. The van der Waals surface area contributed by atoms with E-state index >= 15 is 0 Å². The molecule has 3 aromatic rings. The van der Waals surface area contributed by atoms with E-state index in [0.717, 1.165) is 16.0 Å². The summed E-state index contributed by atoms with van der Waals surface area (Å²) in [4.78, 5) is 39.4. The van der Waals surface area contributed by atoms with Crippen molar-refractivity contribution in [2.75, 3.05) is 12.0 Å². The monoisotopic (exact) mass is 520 g/mol. The van der Waals surface area contributed by atoms with E-state index in [1.807, 2.05) is 13.8 Å². The Labute approximate surface area is 214 Å². The van der Waals surface area contributed by atoms with Gasteiger partial charge in [0.2, 0.25) is 0 Å². The van der Waals surface area contributed by atoms with Crippen LogP contribution in [0, 0.1) is 20.8 Å². The summed E-state index contributed by atoms with van der Waals surface area (Å²) in [5, 5.41) is 2.17. The molecule has 10 heteroatoms. The zero-order valence-electron chi connectivity index (χ0n) is 20.6. The van der Waals surface area contributed by atoms with Crippen LogP contribution in [0.4, 0.5) is 10.5 Å². The summed E-state index contributed by atoms with van der Waals surface area (Å²) in [6, 6.07) is 14.7. The number of carbonyl (C=O) groups excluding carboxylic acids is 3. The van der Waals surface area contributed by atoms with Crippen molar-refractivity contribution in [3.8, 4) is 11.5 Å². The molecule has 0 saturated carbocycles. The van der Waals surface area contributed by atoms with Gasteiger partial charge in [-0.25, -0.2) is 9.69 Å². The van der Waals surface area contributed by atoms with Crippen LogP contribution >= 0.6 is 0 Å². The Morgan fingerprint density at radius 2 is 1.54 bits per heavy atom. The molecular weight excluding hydrogens is 496 g/mol. The fraction of sp³-hybridized carbons (Fsp3) is 0.148. The fourth-order valence-electron chi connectivity index (χ4n) is 3.79. The van der Waals surface area contributed by atoms with Gasteiger partial charge in [0.15, 0.2) is 5.75 Å². The number of anilines is 1. The molecule has 0 atom stereocenters. The van der Waals surface area contributed by atoms with Crippen LogP contribution in [-0.2, 0) is 19.7 Å². The van der Waals surface area contributed by atoms with Gasteiger partial charge < -0.3 is 8.92 Å². The predicted molar refractivity (Wildman–Crippen MR) is 137 cm³/mol. The molecular formula is C27H24N2O7S. The van der Waals surface area contributed by atoms with Crippen molar-refractivity contribution in [1.82, 2.24) is 5.32 Å². The van der Waals surface area contributed by atoms with Crippen LogP contribution in [0.1, 0.15) is 22.3 Å². The van der Waals surface area contributed by atoms with Crippen LogP contribution in [-0.4, -0.2) is 33.4 Å². The van der Waals surface area contributed by atoms with Crippen LogP contribution in [0.3, 0.4) is 0 Å². The minimum atomic E-state index is -4.25. The maximum absolute atomic E-state index is 13.4. The highest BCUT2D eigenvalue weighted by atomic mass is 32.2. The van der Waals surface area contributed by atoms with E-state index < -0.39 is 28.0 Å². The van der Waals surface area contributed by atoms with Gasteiger partial charge in [-0.3, -0.25) is 14.9 Å². The zero-order chi connectivity index (χ0) is 26.9. The Kier molecular flexibility index (Phi) is 6.86. The van der Waals surface area contributed by atoms with E-state index in [1.54, 1.807) is 37.3 Å². The number of hydrogen-bond donors (Lipinski definition) is 1. The summed E-state index contributed by atoms with van der Waals surface area (Å²) in [6.07, 6.45) is 1.18. The number of aryl methyl sites for hydroxylation is 3. The minimum absolute atomic E-state index is 0.0716. The molecule has 1 aliphatic heterocycles. The molecule has 0 unspecified atom stereocenters. The molecule has 4 amide bonds. The van der Waals surface area contributed by atoms with Crippen molar-refractivity contribution in [1.29, 1.82) is 0 Å². The van der Waals surface area contributed by atoms with Crippen molar-refractivity contribution in [2.24, 2.45) is 0 Å². The number of hydrogen-bond acceptors (Lipinski definition) is 7. The van der Waals surface area contributed by atoms with Gasteiger partial charge in [-0.15, -0.1) is 0 Å². The Balaban J connectivity index is 1.77. The largest absolute Gasteiger partial charge is 0.497 e. The third-order valence-corrected chi connectivity index (χ3v) is 6.97. The van der Waals surface area contributed by atoms with Gasteiger partial charge in [0.05, 0.1) is 12.8 Å². The van der Waals surface area contributed by atoms with E-state index in [-0.39, 0.29) is 21.8 Å². The van der Waals surface area contributed by atoms with Crippen molar-refractivity contribution >= 4 is 39.7 Å². The summed E-state index contributed by atoms with van der Waals surface area (Å²) in [5.41, 5.74) is 2.53. The molecule has 9 nitrogen and oxygen atoms in total. The van der Waals surface area contributed by atoms with E-state index in [4.69, 9.17) is 8.92 Å². The first-order valence-corrected chi connectivity index (χ1v) is 12.6. The van der Waals surface area contributed by atoms with E-state index in [2.05, 4.69) is 5.32 Å². The van der Waals surface area contributed by atoms with Crippen LogP contribution in [0.15, 0.2) is 71.1 Å². The quantitative estimate of drug-likeness (QED) is 0.296. The molecule has 1 saturated heterocycles. The van der Waals surface area contributed by atoms with Gasteiger partial charge in [-0.1, -0.05) is 35.4 Å². The Morgan fingerprint density at radius 3 is 2.19 bits per heavy atom. The van der Waals surface area contributed by atoms with Crippen LogP contribution in [0.5, 0.6) is 11.5 Å². The molecule has 1 fully saturated rings. The molecule has 1 N–H and O–H groups in total. The zero-order valence-corrected chi connectivity index (χ0v) is 21.4. The second-order valence-electron chi connectivity index (χ2n) is 8.50. The van der Waals surface area contributed by atoms with Crippen LogP contribution < -0.4 is 19.1 Å². The summed E-state index contributed by atoms with van der Waals surface area (Å²) in [7, 11) is -2.85. The third kappa shape index (κ3) is 5.24. The Bertz CT molecular complexity index is 1560. The van der Waals surface area contributed by atoms with Crippen molar-refractivity contribution in [3.05, 3.63) is 88.5 Å². The van der Waals surface area contributed by atoms with Gasteiger partial charge in [0, 0.05) is 11.6 Å². The number of methoxy groups -OCH3 is 1. The Morgan fingerprint density at radius 1 is 0.865 bits per heavy atom. The van der Waals surface area contributed by atoms with Gasteiger partial charge >= 0.3 is 16.1 Å². The first kappa shape index (κ1) is 25.6. The minimum Gasteiger partial charge on any atom is -0.497 e. The summed E-state index contributed by atoms with van der Waals surface area (Å²) >= 11 is 0. The van der Waals surface area contributed by atoms with Gasteiger partial charge in [0.25, 0.3) is 11.8 Å². The maximum Gasteiger partial charge on any atom is 0.339 e. The SMILES string of the molecule is COc1ccc(/C=C2\C(=O)NC(=O)N(c3ccc(C)cc3C)C2=O)c(OS(=O)(=O)c2ccc(C)cc2)c1. The number of benzene rings is 3. The molecule has 0 aromatic heterocycles. The second-order valence-corrected chi connectivity index (χ2v) is 10.0. The fourth-order valence-corrected chi connectivity index (χ4v) is 4.74. The number of urea groups is 1. The average Bonchev–Trinajstić information content (AvgIpc) is 2.83. The number of amides is 4. The molecule has 37 heavy (non-hydrogen) atoms. The highest BCUT2D eigenvalue weighted by molar-refractivity contribution is 7.87. The number of barbiturate groups is 1. The lowest BCUT2D eigenvalue weighted by molar-refractivity contribution is -0.122. The first-order chi connectivity index (χ1) is 17.5. The van der Waals surface area contributed by atoms with Crippen molar-refractivity contribution in [3.63, 3.8) is 0 Å². The number of rotatable bonds is 6. The van der Waals surface area contributed by atoms with Crippen molar-refractivity contribution < 1.29 is 31.7 Å². The molecule has 1 heterocycles. The van der Waals surface area contributed by atoms with Gasteiger partial charge in [0.1, 0.15) is 16.2 Å². The second kappa shape index (κ2) is 9.90. The first-order valence-electron chi connectivity index (χ1n) is 11.2. The van der Waals surface area contributed by atoms with Crippen LogP contribution in [0.2, 0.25) is 0 Å². The third-order valence-electron chi connectivity index (χ3n) is 5.72. The molecule has 3 aromatic carbocycles. The Hall–Kier alpha value is -4.44. The number of carbonyl (C=O) groups is 3. The molecule has 4 rings (SSSR count).